The van der Waals surface area contributed by atoms with E-state index >= 15 is 0 Å². The Bertz CT molecular complexity index is 1980. The molecule has 4 aromatic carbocycles. The first kappa shape index (κ1) is 31.4. The molecule has 0 bridgehead atoms. The van der Waals surface area contributed by atoms with E-state index in [1.54, 1.807) is 26.0 Å². The molecule has 234 valence electrons. The van der Waals surface area contributed by atoms with E-state index in [9.17, 15) is 14.4 Å². The van der Waals surface area contributed by atoms with Crippen LogP contribution in [0, 0.1) is 0 Å². The van der Waals surface area contributed by atoms with E-state index in [4.69, 9.17) is 9.47 Å². The molecule has 0 unspecified atom stereocenters. The zero-order valence-corrected chi connectivity index (χ0v) is 26.8. The first-order valence-electron chi connectivity index (χ1n) is 15.3. The van der Waals surface area contributed by atoms with Gasteiger partial charge in [-0.3, -0.25) is 4.79 Å². The Hall–Kier alpha value is -5.60. The van der Waals surface area contributed by atoms with E-state index in [0.29, 0.717) is 22.1 Å². The average Bonchev–Trinajstić information content (AvgIpc) is 3.63. The molecule has 7 nitrogen and oxygen atoms in total. The summed E-state index contributed by atoms with van der Waals surface area (Å²) in [6, 6.07) is 38.6. The molecule has 6 rings (SSSR count). The number of para-hydroxylation sites is 1. The second-order valence-corrected chi connectivity index (χ2v) is 11.6. The molecular weight excluding hydrogens is 609 g/mol. The molecule has 0 spiro atoms. The van der Waals surface area contributed by atoms with Gasteiger partial charge < -0.3 is 19.4 Å². The zero-order valence-electron chi connectivity index (χ0n) is 25.9. The molecule has 0 radical (unpaired) electrons. The number of allylic oxidation sites excluding steroid dienone is 1. The molecule has 8 heteroatoms. The Morgan fingerprint density at radius 1 is 0.745 bits per heavy atom. The number of Topliss-reactive ketones (excluding diaryl/α,β-unsaturated/α-hetero) is 1. The van der Waals surface area contributed by atoms with Gasteiger partial charge in [0.05, 0.1) is 40.1 Å². The fraction of sp³-hybridized carbons (Fsp3) is 0.103. The van der Waals surface area contributed by atoms with Crippen molar-refractivity contribution in [2.75, 3.05) is 18.5 Å². The summed E-state index contributed by atoms with van der Waals surface area (Å²) in [7, 11) is 0. The fourth-order valence-corrected chi connectivity index (χ4v) is 6.43. The van der Waals surface area contributed by atoms with Gasteiger partial charge in [-0.1, -0.05) is 90.6 Å². The van der Waals surface area contributed by atoms with Crippen molar-refractivity contribution in [2.24, 2.45) is 0 Å². The molecule has 1 aliphatic heterocycles. The lowest BCUT2D eigenvalue weighted by Crippen LogP contribution is -2.16. The molecule has 47 heavy (non-hydrogen) atoms. The Labute approximate surface area is 277 Å². The number of ether oxygens (including phenoxy) is 2. The summed E-state index contributed by atoms with van der Waals surface area (Å²) in [4.78, 5) is 39.8. The van der Waals surface area contributed by atoms with Gasteiger partial charge in [0.25, 0.3) is 0 Å². The quantitative estimate of drug-likeness (QED) is 0.0930. The van der Waals surface area contributed by atoms with Crippen LogP contribution in [0.4, 0.5) is 5.69 Å². The van der Waals surface area contributed by atoms with E-state index in [1.165, 1.54) is 11.8 Å². The van der Waals surface area contributed by atoms with Crippen molar-refractivity contribution < 1.29 is 23.9 Å². The number of esters is 2. The van der Waals surface area contributed by atoms with Crippen LogP contribution in [-0.2, 0) is 19.1 Å². The number of rotatable bonds is 10. The van der Waals surface area contributed by atoms with Crippen molar-refractivity contribution in [3.05, 3.63) is 148 Å². The third kappa shape index (κ3) is 6.68. The summed E-state index contributed by atoms with van der Waals surface area (Å²) in [6.07, 6.45) is 1.84. The molecule has 1 N–H and O–H groups in total. The molecule has 0 saturated carbocycles. The predicted octanol–water partition coefficient (Wildman–Crippen LogP) is 8.53. The summed E-state index contributed by atoms with van der Waals surface area (Å²) in [6.45, 7) is 3.93. The van der Waals surface area contributed by atoms with E-state index in [-0.39, 0.29) is 18.1 Å². The lowest BCUT2D eigenvalue weighted by atomic mass is 10.1. The minimum absolute atomic E-state index is 0.0227. The number of benzene rings is 4. The van der Waals surface area contributed by atoms with Crippen molar-refractivity contribution in [3.8, 4) is 28.2 Å². The van der Waals surface area contributed by atoms with Gasteiger partial charge in [0.1, 0.15) is 5.57 Å². The van der Waals surface area contributed by atoms with Gasteiger partial charge in [-0.2, -0.15) is 0 Å². The number of carbonyl (C=O) groups excluding carboxylic acids is 3. The van der Waals surface area contributed by atoms with Gasteiger partial charge in [-0.25, -0.2) is 9.59 Å². The highest BCUT2D eigenvalue weighted by Crippen LogP contribution is 2.43. The van der Waals surface area contributed by atoms with Crippen LogP contribution in [0.5, 0.6) is 0 Å². The summed E-state index contributed by atoms with van der Waals surface area (Å²) < 4.78 is 12.6. The molecule has 0 atom stereocenters. The van der Waals surface area contributed by atoms with Crippen LogP contribution in [0.3, 0.4) is 0 Å². The third-order valence-electron chi connectivity index (χ3n) is 7.47. The molecule has 0 amide bonds. The van der Waals surface area contributed by atoms with Crippen LogP contribution >= 0.6 is 11.8 Å². The SMILES string of the molecule is CCOC(=O)C1=C(Nc2ccccc2)S/C(=C\c2cc(-c3ccccc3)n(-c3ccc(C(=O)OCC)cc3)c2-c2ccccc2)C1=O. The maximum absolute atomic E-state index is 13.9. The number of carbonyl (C=O) groups is 3. The number of ketones is 1. The zero-order chi connectivity index (χ0) is 32.8. The van der Waals surface area contributed by atoms with Gasteiger partial charge >= 0.3 is 11.9 Å². The molecular formula is C39H32N2O5S. The van der Waals surface area contributed by atoms with Crippen molar-refractivity contribution >= 4 is 41.2 Å². The van der Waals surface area contributed by atoms with Gasteiger partial charge in [0, 0.05) is 16.9 Å². The third-order valence-corrected chi connectivity index (χ3v) is 8.50. The molecule has 1 aliphatic rings. The van der Waals surface area contributed by atoms with Crippen molar-refractivity contribution in [1.29, 1.82) is 0 Å². The summed E-state index contributed by atoms with van der Waals surface area (Å²) in [5, 5.41) is 3.67. The summed E-state index contributed by atoms with van der Waals surface area (Å²) in [5.41, 5.74) is 6.40. The highest BCUT2D eigenvalue weighted by Gasteiger charge is 2.36. The van der Waals surface area contributed by atoms with Gasteiger partial charge in [-0.05, 0) is 73.5 Å². The Kier molecular flexibility index (Phi) is 9.50. The molecule has 0 aliphatic carbocycles. The number of nitrogens with one attached hydrogen (secondary N) is 1. The molecule has 5 aromatic rings. The summed E-state index contributed by atoms with van der Waals surface area (Å²) in [5.74, 6) is -1.46. The maximum atomic E-state index is 13.9. The first-order valence-corrected chi connectivity index (χ1v) is 16.1. The fourth-order valence-electron chi connectivity index (χ4n) is 5.38. The van der Waals surface area contributed by atoms with Crippen LogP contribution in [0.2, 0.25) is 0 Å². The monoisotopic (exact) mass is 640 g/mol. The van der Waals surface area contributed by atoms with Crippen molar-refractivity contribution in [2.45, 2.75) is 13.8 Å². The minimum atomic E-state index is -0.667. The Morgan fingerprint density at radius 2 is 1.32 bits per heavy atom. The average molecular weight is 641 g/mol. The number of nitrogens with zero attached hydrogens (tertiary/aromatic N) is 1. The summed E-state index contributed by atoms with van der Waals surface area (Å²) >= 11 is 1.21. The number of aromatic nitrogens is 1. The molecule has 2 heterocycles. The molecule has 0 fully saturated rings. The van der Waals surface area contributed by atoms with Gasteiger partial charge in [-0.15, -0.1) is 0 Å². The lowest BCUT2D eigenvalue weighted by Gasteiger charge is -2.15. The van der Waals surface area contributed by atoms with E-state index in [2.05, 4.69) is 9.88 Å². The standard InChI is InChI=1S/C39H32N2O5S/c1-3-45-38(43)28-20-22-31(23-21-28)41-32(26-14-8-5-9-15-26)24-29(35(41)27-16-10-6-11-17-27)25-33-36(42)34(39(44)46-4-2)37(47-33)40-30-18-12-7-13-19-30/h5-25,40H,3-4H2,1-2H3/b33-25-. The van der Waals surface area contributed by atoms with Crippen LogP contribution in [0.1, 0.15) is 29.8 Å². The normalized spacial score (nSPS) is 13.6. The highest BCUT2D eigenvalue weighted by molar-refractivity contribution is 8.08. The topological polar surface area (TPSA) is 86.6 Å². The van der Waals surface area contributed by atoms with Crippen LogP contribution in [0.15, 0.2) is 137 Å². The van der Waals surface area contributed by atoms with Crippen molar-refractivity contribution in [1.82, 2.24) is 4.57 Å². The van der Waals surface area contributed by atoms with Crippen LogP contribution < -0.4 is 5.32 Å². The van der Waals surface area contributed by atoms with E-state index in [1.807, 2.05) is 115 Å². The Balaban J connectivity index is 1.52. The minimum Gasteiger partial charge on any atom is -0.462 e. The second-order valence-electron chi connectivity index (χ2n) is 10.5. The Morgan fingerprint density at radius 3 is 1.94 bits per heavy atom. The van der Waals surface area contributed by atoms with Gasteiger partial charge in [0.15, 0.2) is 0 Å². The maximum Gasteiger partial charge on any atom is 0.344 e. The van der Waals surface area contributed by atoms with Crippen molar-refractivity contribution in [3.63, 3.8) is 0 Å². The number of thioether (sulfide) groups is 1. The predicted molar refractivity (Wildman–Crippen MR) is 187 cm³/mol. The van der Waals surface area contributed by atoms with E-state index < -0.39 is 11.8 Å². The molecule has 1 aromatic heterocycles. The molecule has 0 saturated heterocycles. The van der Waals surface area contributed by atoms with Gasteiger partial charge in [0.2, 0.25) is 5.78 Å². The van der Waals surface area contributed by atoms with Crippen LogP contribution in [-0.4, -0.2) is 35.5 Å². The largest absolute Gasteiger partial charge is 0.462 e. The smallest absolute Gasteiger partial charge is 0.344 e. The number of hydrogen-bond acceptors (Lipinski definition) is 7. The van der Waals surface area contributed by atoms with Crippen LogP contribution in [0.25, 0.3) is 34.3 Å². The number of hydrogen-bond donors (Lipinski definition) is 1. The van der Waals surface area contributed by atoms with E-state index in [0.717, 1.165) is 39.5 Å². The highest BCUT2D eigenvalue weighted by atomic mass is 32.2. The first-order chi connectivity index (χ1) is 23.0. The lowest BCUT2D eigenvalue weighted by molar-refractivity contribution is -0.139. The number of anilines is 1. The second kappa shape index (κ2) is 14.2.